The molecule has 2 N–H and O–H groups in total. The number of hydrazine groups is 1. The van der Waals surface area contributed by atoms with Crippen molar-refractivity contribution in [2.75, 3.05) is 51.4 Å². The summed E-state index contributed by atoms with van der Waals surface area (Å²) in [6, 6.07) is 25.3. The van der Waals surface area contributed by atoms with Gasteiger partial charge in [-0.05, 0) is 81.4 Å². The van der Waals surface area contributed by atoms with Crippen molar-refractivity contribution in [1.29, 1.82) is 0 Å². The molecule has 1 heterocycles. The van der Waals surface area contributed by atoms with Crippen LogP contribution in [0.1, 0.15) is 44.1 Å². The summed E-state index contributed by atoms with van der Waals surface area (Å²) >= 11 is 0. The van der Waals surface area contributed by atoms with Gasteiger partial charge in [0.2, 0.25) is 5.91 Å². The lowest BCUT2D eigenvalue weighted by molar-refractivity contribution is -0.121. The third-order valence-corrected chi connectivity index (χ3v) is 7.67. The summed E-state index contributed by atoms with van der Waals surface area (Å²) in [5, 5.41) is 16.0. The van der Waals surface area contributed by atoms with Crippen LogP contribution < -0.4 is 10.3 Å². The second-order valence-corrected chi connectivity index (χ2v) is 11.0. The molecule has 229 valence electrons. The van der Waals surface area contributed by atoms with Crippen molar-refractivity contribution in [2.45, 2.75) is 44.9 Å². The fourth-order valence-electron chi connectivity index (χ4n) is 5.21. The van der Waals surface area contributed by atoms with Gasteiger partial charge in [-0.15, -0.1) is 0 Å². The van der Waals surface area contributed by atoms with Crippen LogP contribution in [-0.2, 0) is 16.0 Å². The summed E-state index contributed by atoms with van der Waals surface area (Å²) in [7, 11) is 2.12. The first-order chi connectivity index (χ1) is 21.0. The average Bonchev–Trinajstić information content (AvgIpc) is 3.04. The Morgan fingerprint density at radius 2 is 1.60 bits per heavy atom. The van der Waals surface area contributed by atoms with Gasteiger partial charge in [-0.1, -0.05) is 67.1 Å². The topological polar surface area (TPSA) is 85.4 Å². The van der Waals surface area contributed by atoms with E-state index in [9.17, 15) is 14.7 Å². The number of phenolic OH excluding ortho intramolecular Hbond substituents is 1. The Hall–Kier alpha value is -3.88. The number of hydrogen-bond acceptors (Lipinski definition) is 6. The molecule has 8 heteroatoms. The second kappa shape index (κ2) is 17.3. The molecule has 0 unspecified atom stereocenters. The van der Waals surface area contributed by atoms with Crippen LogP contribution in [0, 0.1) is 6.42 Å². The minimum Gasteiger partial charge on any atom is -0.508 e. The Morgan fingerprint density at radius 1 is 0.884 bits per heavy atom. The molecule has 0 aliphatic carbocycles. The Kier molecular flexibility index (Phi) is 12.9. The van der Waals surface area contributed by atoms with E-state index in [-0.39, 0.29) is 18.9 Å². The predicted octanol–water partition coefficient (Wildman–Crippen LogP) is 6.07. The molecular weight excluding hydrogens is 540 g/mol. The van der Waals surface area contributed by atoms with Crippen LogP contribution in [0.3, 0.4) is 0 Å². The number of nitrogens with zero attached hydrogens (tertiary/aromatic N) is 3. The summed E-state index contributed by atoms with van der Waals surface area (Å²) in [6.45, 7) is 4.07. The van der Waals surface area contributed by atoms with Crippen molar-refractivity contribution in [2.24, 2.45) is 0 Å². The number of aromatic hydroxyl groups is 1. The molecule has 1 aliphatic rings. The molecule has 3 aromatic carbocycles. The lowest BCUT2D eigenvalue weighted by Crippen LogP contribution is -2.50. The van der Waals surface area contributed by atoms with Crippen LogP contribution in [0.4, 0.5) is 10.5 Å². The van der Waals surface area contributed by atoms with Gasteiger partial charge in [0.15, 0.2) is 0 Å². The second-order valence-electron chi connectivity index (χ2n) is 11.0. The van der Waals surface area contributed by atoms with Crippen LogP contribution in [0.25, 0.3) is 11.1 Å². The summed E-state index contributed by atoms with van der Waals surface area (Å²) in [6.07, 6.45) is 7.66. The average molecular weight is 586 g/mol. The van der Waals surface area contributed by atoms with E-state index in [1.807, 2.05) is 71.7 Å². The van der Waals surface area contributed by atoms with Crippen molar-refractivity contribution in [3.05, 3.63) is 90.8 Å². The monoisotopic (exact) mass is 585 g/mol. The number of benzene rings is 3. The number of carbonyl (C=O) groups excluding carboxylic acids is 2. The highest BCUT2D eigenvalue weighted by Gasteiger charge is 2.28. The highest BCUT2D eigenvalue weighted by atomic mass is 16.6. The molecule has 43 heavy (non-hydrogen) atoms. The number of piperidine rings is 1. The molecule has 4 rings (SSSR count). The van der Waals surface area contributed by atoms with E-state index in [2.05, 4.69) is 23.7 Å². The van der Waals surface area contributed by atoms with Crippen molar-refractivity contribution >= 4 is 17.7 Å². The van der Waals surface area contributed by atoms with E-state index in [4.69, 9.17) is 4.74 Å². The number of phenols is 1. The molecule has 0 atom stereocenters. The molecule has 1 saturated heterocycles. The number of anilines is 1. The summed E-state index contributed by atoms with van der Waals surface area (Å²) in [4.78, 5) is 28.2. The summed E-state index contributed by atoms with van der Waals surface area (Å²) < 4.78 is 5.66. The van der Waals surface area contributed by atoms with Crippen LogP contribution >= 0.6 is 0 Å². The van der Waals surface area contributed by atoms with E-state index in [0.29, 0.717) is 12.3 Å². The van der Waals surface area contributed by atoms with Crippen molar-refractivity contribution in [3.63, 3.8) is 0 Å². The standard InChI is InChI=1S/C35H45N4O4/c1-37(27-21-29-17-19-31(40)20-18-29)24-10-3-9-23-36-34(41)22-28-43-35(42)39(38-25-11-4-12-26-38)33-16-8-7-15-32(33)30-13-5-2-6-14-30/h2,4-8,13-20,40H,3,9-12,21-28H2,1H3,(H,36,41). The van der Waals surface area contributed by atoms with E-state index >= 15 is 0 Å². The van der Waals surface area contributed by atoms with Gasteiger partial charge in [0.05, 0.1) is 12.1 Å². The van der Waals surface area contributed by atoms with Gasteiger partial charge in [-0.3, -0.25) is 4.79 Å². The molecule has 0 spiro atoms. The van der Waals surface area contributed by atoms with Gasteiger partial charge in [0.1, 0.15) is 12.4 Å². The van der Waals surface area contributed by atoms with Gasteiger partial charge in [-0.25, -0.2) is 14.8 Å². The molecule has 1 aliphatic heterocycles. The largest absolute Gasteiger partial charge is 0.508 e. The highest BCUT2D eigenvalue weighted by Crippen LogP contribution is 2.33. The van der Waals surface area contributed by atoms with E-state index in [0.717, 1.165) is 81.5 Å². The zero-order valence-corrected chi connectivity index (χ0v) is 25.3. The van der Waals surface area contributed by atoms with Crippen molar-refractivity contribution in [3.8, 4) is 16.9 Å². The van der Waals surface area contributed by atoms with Crippen LogP contribution in [0.15, 0.2) is 78.9 Å². The van der Waals surface area contributed by atoms with E-state index in [1.165, 1.54) is 5.56 Å². The first-order valence-corrected chi connectivity index (χ1v) is 15.4. The Labute approximate surface area is 256 Å². The maximum absolute atomic E-state index is 13.4. The van der Waals surface area contributed by atoms with Gasteiger partial charge in [0.25, 0.3) is 0 Å². The van der Waals surface area contributed by atoms with Gasteiger partial charge >= 0.3 is 6.09 Å². The Morgan fingerprint density at radius 3 is 2.37 bits per heavy atom. The molecule has 1 fully saturated rings. The summed E-state index contributed by atoms with van der Waals surface area (Å²) in [5.41, 5.74) is 3.97. The number of para-hydroxylation sites is 1. The molecule has 8 nitrogen and oxygen atoms in total. The zero-order chi connectivity index (χ0) is 30.3. The first-order valence-electron chi connectivity index (χ1n) is 15.4. The molecular formula is C35H45N4O4. The SMILES string of the molecule is CN(CCCCCNC(=O)CCOC(=O)N(c1ccccc1-c1ccccc1)N1CC[CH]CC1)CCc1ccc(O)cc1. The third kappa shape index (κ3) is 10.4. The van der Waals surface area contributed by atoms with Crippen LogP contribution in [0.5, 0.6) is 5.75 Å². The summed E-state index contributed by atoms with van der Waals surface area (Å²) in [5.74, 6) is 0.187. The number of carbonyl (C=O) groups is 2. The van der Waals surface area contributed by atoms with Crippen LogP contribution in [0.2, 0.25) is 0 Å². The van der Waals surface area contributed by atoms with Gasteiger partial charge in [-0.2, -0.15) is 0 Å². The Bertz CT molecular complexity index is 1260. The maximum Gasteiger partial charge on any atom is 0.429 e. The van der Waals surface area contributed by atoms with Crippen molar-refractivity contribution in [1.82, 2.24) is 15.2 Å². The lowest BCUT2D eigenvalue weighted by Gasteiger charge is -2.37. The van der Waals surface area contributed by atoms with Gasteiger partial charge < -0.3 is 20.1 Å². The fourth-order valence-corrected chi connectivity index (χ4v) is 5.21. The normalized spacial score (nSPS) is 13.5. The highest BCUT2D eigenvalue weighted by molar-refractivity contribution is 5.93. The van der Waals surface area contributed by atoms with Crippen molar-refractivity contribution < 1.29 is 19.4 Å². The number of likely N-dealkylation sites (N-methyl/N-ethyl adjacent to an activating group) is 1. The zero-order valence-electron chi connectivity index (χ0n) is 25.3. The minimum atomic E-state index is -0.465. The number of hydrogen-bond donors (Lipinski definition) is 2. The van der Waals surface area contributed by atoms with E-state index < -0.39 is 6.09 Å². The molecule has 3 aromatic rings. The number of rotatable bonds is 15. The van der Waals surface area contributed by atoms with E-state index in [1.54, 1.807) is 17.1 Å². The number of unbranched alkanes of at least 4 members (excludes halogenated alkanes) is 2. The lowest BCUT2D eigenvalue weighted by atomic mass is 10.0. The quantitative estimate of drug-likeness (QED) is 0.211. The predicted molar refractivity (Wildman–Crippen MR) is 172 cm³/mol. The number of amides is 2. The Balaban J connectivity index is 1.17. The van der Waals surface area contributed by atoms with Gasteiger partial charge in [0, 0.05) is 31.7 Å². The molecule has 0 bridgehead atoms. The molecule has 2 amide bonds. The smallest absolute Gasteiger partial charge is 0.429 e. The number of nitrogens with one attached hydrogen (secondary N) is 1. The first kappa shape index (κ1) is 32.0. The molecule has 0 aromatic heterocycles. The fraction of sp³-hybridized carbons (Fsp3) is 0.400. The maximum atomic E-state index is 13.4. The minimum absolute atomic E-state index is 0.0282. The molecule has 0 saturated carbocycles. The third-order valence-electron chi connectivity index (χ3n) is 7.67. The van der Waals surface area contributed by atoms with Crippen LogP contribution in [-0.4, -0.2) is 73.4 Å². The molecule has 1 radical (unpaired) electrons. The number of ether oxygens (including phenoxy) is 1.